The zero-order valence-corrected chi connectivity index (χ0v) is 10.7. The fourth-order valence-corrected chi connectivity index (χ4v) is 1.37. The summed E-state index contributed by atoms with van der Waals surface area (Å²) < 4.78 is 0. The number of hydrogen-bond donors (Lipinski definition) is 4. The molecule has 0 spiro atoms. The Bertz CT molecular complexity index is 641. The number of phenolic OH excluding ortho intramolecular Hbond substituents is 1. The van der Waals surface area contributed by atoms with Crippen molar-refractivity contribution in [3.8, 4) is 11.5 Å². The molecule has 2 aromatic rings. The molecule has 0 saturated carbocycles. The van der Waals surface area contributed by atoms with E-state index in [1.54, 1.807) is 12.1 Å². The van der Waals surface area contributed by atoms with Gasteiger partial charge in [-0.05, 0) is 18.2 Å². The van der Waals surface area contributed by atoms with Gasteiger partial charge in [0, 0.05) is 0 Å². The van der Waals surface area contributed by atoms with E-state index in [4.69, 9.17) is 15.4 Å². The zero-order chi connectivity index (χ0) is 15.8. The Kier molecular flexibility index (Phi) is 5.72. The molecule has 0 fully saturated rings. The molecule has 21 heavy (non-hydrogen) atoms. The summed E-state index contributed by atoms with van der Waals surface area (Å²) in [5, 5.41) is 36.3. The lowest BCUT2D eigenvalue weighted by atomic mass is 10.2. The van der Waals surface area contributed by atoms with Crippen LogP contribution in [0.5, 0.6) is 11.5 Å². The van der Waals surface area contributed by atoms with Crippen molar-refractivity contribution >= 4 is 11.9 Å². The van der Waals surface area contributed by atoms with E-state index in [9.17, 15) is 14.7 Å². The van der Waals surface area contributed by atoms with Gasteiger partial charge in [-0.1, -0.05) is 36.1 Å². The number of nitrogens with one attached hydrogen (secondary N) is 1. The first-order chi connectivity index (χ1) is 9.97. The number of hydrogen-bond acceptors (Lipinski definition) is 5. The molecular weight excluding hydrogens is 278 g/mol. The van der Waals surface area contributed by atoms with E-state index < -0.39 is 17.6 Å². The van der Waals surface area contributed by atoms with Gasteiger partial charge in [-0.25, -0.2) is 10.3 Å². The van der Waals surface area contributed by atoms with Gasteiger partial charge in [0.1, 0.15) is 5.75 Å². The van der Waals surface area contributed by atoms with Gasteiger partial charge in [0.15, 0.2) is 0 Å². The number of rotatable bonds is 2. The fraction of sp³-hybridized carbons (Fsp3) is 0. The van der Waals surface area contributed by atoms with Crippen LogP contribution in [0, 0.1) is 0 Å². The van der Waals surface area contributed by atoms with Crippen LogP contribution in [-0.2, 0) is 0 Å². The molecule has 0 aliphatic heterocycles. The van der Waals surface area contributed by atoms with Crippen LogP contribution in [0.1, 0.15) is 20.7 Å². The number of aromatic hydroxyl groups is 1. The third kappa shape index (κ3) is 4.51. The Morgan fingerprint density at radius 1 is 0.952 bits per heavy atom. The second-order valence-electron chi connectivity index (χ2n) is 3.76. The summed E-state index contributed by atoms with van der Waals surface area (Å²) >= 11 is 0. The molecule has 0 saturated heterocycles. The van der Waals surface area contributed by atoms with E-state index in [0.717, 1.165) is 0 Å². The highest BCUT2D eigenvalue weighted by Crippen LogP contribution is 2.14. The number of carbonyl (C=O) groups is 2. The minimum absolute atomic E-state index is 0.0509. The van der Waals surface area contributed by atoms with Crippen molar-refractivity contribution in [2.45, 2.75) is 0 Å². The average Bonchev–Trinajstić information content (AvgIpc) is 2.48. The van der Waals surface area contributed by atoms with Gasteiger partial charge in [-0.3, -0.25) is 10.0 Å². The molecule has 0 aliphatic rings. The van der Waals surface area contributed by atoms with Crippen LogP contribution in [0.25, 0.3) is 0 Å². The summed E-state index contributed by atoms with van der Waals surface area (Å²) in [5.74, 6) is -2.50. The minimum atomic E-state index is -1.18. The number of hydroxylamine groups is 1. The normalized spacial score (nSPS) is 9.19. The third-order valence-electron chi connectivity index (χ3n) is 2.37. The Morgan fingerprint density at radius 3 is 1.90 bits per heavy atom. The van der Waals surface area contributed by atoms with Crippen LogP contribution in [0.2, 0.25) is 0 Å². The molecule has 110 valence electrons. The molecule has 0 aliphatic carbocycles. The molecule has 0 aromatic heterocycles. The number of carboxylic acids is 1. The van der Waals surface area contributed by atoms with Crippen LogP contribution in [0.3, 0.4) is 0 Å². The summed E-state index contributed by atoms with van der Waals surface area (Å²) in [6.45, 7) is 0. The first kappa shape index (κ1) is 16.0. The van der Waals surface area contributed by atoms with E-state index in [-0.39, 0.29) is 16.9 Å². The lowest BCUT2D eigenvalue weighted by molar-refractivity contribution is -0.268. The van der Waals surface area contributed by atoms with Crippen molar-refractivity contribution in [3.05, 3.63) is 59.7 Å². The quantitative estimate of drug-likeness (QED) is 0.481. The van der Waals surface area contributed by atoms with Gasteiger partial charge in [0.05, 0.1) is 11.1 Å². The Morgan fingerprint density at radius 2 is 1.48 bits per heavy atom. The van der Waals surface area contributed by atoms with Crippen molar-refractivity contribution < 1.29 is 30.1 Å². The Labute approximate surface area is 119 Å². The highest BCUT2D eigenvalue weighted by molar-refractivity contribution is 5.95. The topological polar surface area (TPSA) is 130 Å². The molecule has 2 aromatic carbocycles. The highest BCUT2D eigenvalue weighted by atomic mass is 16.5. The van der Waals surface area contributed by atoms with Gasteiger partial charge >= 0.3 is 5.97 Å². The number of amides is 1. The third-order valence-corrected chi connectivity index (χ3v) is 2.37. The van der Waals surface area contributed by atoms with E-state index >= 15 is 0 Å². The van der Waals surface area contributed by atoms with Gasteiger partial charge in [-0.15, -0.1) is 0 Å². The van der Waals surface area contributed by atoms with Gasteiger partial charge in [-0.2, -0.15) is 0 Å². The summed E-state index contributed by atoms with van der Waals surface area (Å²) in [5.41, 5.74) is 1.30. The maximum absolute atomic E-state index is 10.7. The van der Waals surface area contributed by atoms with Crippen LogP contribution in [-0.4, -0.2) is 27.3 Å². The van der Waals surface area contributed by atoms with Gasteiger partial charge in [0.25, 0.3) is 5.91 Å². The molecule has 7 nitrogen and oxygen atoms in total. The molecule has 0 heterocycles. The second-order valence-corrected chi connectivity index (χ2v) is 3.76. The Hall–Kier alpha value is -3.06. The summed E-state index contributed by atoms with van der Waals surface area (Å²) in [6, 6.07) is 11.5. The van der Waals surface area contributed by atoms with E-state index in [2.05, 4.69) is 0 Å². The summed E-state index contributed by atoms with van der Waals surface area (Å²) in [6.07, 6.45) is 0. The summed E-state index contributed by atoms with van der Waals surface area (Å²) in [7, 11) is 0. The van der Waals surface area contributed by atoms with E-state index in [1.807, 2.05) is 0 Å². The van der Waals surface area contributed by atoms with Crippen LogP contribution in [0.15, 0.2) is 48.5 Å². The molecule has 2 rings (SSSR count). The van der Waals surface area contributed by atoms with Gasteiger partial charge in [0.2, 0.25) is 0 Å². The minimum Gasteiger partial charge on any atom is -0.872 e. The first-order valence-corrected chi connectivity index (χ1v) is 5.69. The van der Waals surface area contributed by atoms with E-state index in [0.29, 0.717) is 0 Å². The lowest BCUT2D eigenvalue weighted by Crippen LogP contribution is -2.18. The molecule has 0 radical (unpaired) electrons. The fourth-order valence-electron chi connectivity index (χ4n) is 1.37. The van der Waals surface area contributed by atoms with Crippen LogP contribution in [0.4, 0.5) is 0 Å². The van der Waals surface area contributed by atoms with Crippen molar-refractivity contribution in [3.63, 3.8) is 0 Å². The van der Waals surface area contributed by atoms with Crippen molar-refractivity contribution in [2.24, 2.45) is 0 Å². The van der Waals surface area contributed by atoms with E-state index in [1.165, 1.54) is 41.9 Å². The predicted octanol–water partition coefficient (Wildman–Crippen LogP) is 0.970. The number of carbonyl (C=O) groups excluding carboxylic acids is 1. The number of para-hydroxylation sites is 2. The first-order valence-electron chi connectivity index (χ1n) is 5.69. The summed E-state index contributed by atoms with van der Waals surface area (Å²) in [4.78, 5) is 20.9. The van der Waals surface area contributed by atoms with Crippen LogP contribution < -0.4 is 10.6 Å². The molecule has 0 atom stereocenters. The highest BCUT2D eigenvalue weighted by Gasteiger charge is 2.07. The molecule has 0 bridgehead atoms. The Balaban J connectivity index is 0.000000211. The van der Waals surface area contributed by atoms with Crippen molar-refractivity contribution in [1.82, 2.24) is 5.48 Å². The zero-order valence-electron chi connectivity index (χ0n) is 10.7. The molecule has 0 unspecified atom stereocenters. The number of carboxylic acid groups (broad SMARTS) is 1. The van der Waals surface area contributed by atoms with Gasteiger partial charge < -0.3 is 15.3 Å². The number of aromatic carboxylic acids is 1. The lowest BCUT2D eigenvalue weighted by Gasteiger charge is -2.07. The maximum atomic E-state index is 10.7. The molecule has 1 amide bonds. The molecule has 7 heteroatoms. The van der Waals surface area contributed by atoms with Crippen molar-refractivity contribution in [2.75, 3.05) is 0 Å². The standard InChI is InChI=1S/C7H7NO3.C7H6O3/c9-6-4-2-1-3-5(6)7(10)8-11;8-6-4-2-1-3-5(6)7(9)10/h1-4,9,11H,(H,8,10);1-4,8H,(H,9,10)/p-1. The SMILES string of the molecule is O=C(NO)c1ccccc1O.O=C(O)c1ccccc1[O-]. The number of phenols is 1. The monoisotopic (exact) mass is 290 g/mol. The maximum Gasteiger partial charge on any atom is 0.335 e. The largest absolute Gasteiger partial charge is 0.872 e. The molecular formula is C14H12NO6-. The number of benzene rings is 2. The van der Waals surface area contributed by atoms with Crippen molar-refractivity contribution in [1.29, 1.82) is 0 Å². The second kappa shape index (κ2) is 7.51. The predicted molar refractivity (Wildman–Crippen MR) is 70.2 cm³/mol. The van der Waals surface area contributed by atoms with Crippen LogP contribution >= 0.6 is 0 Å². The molecule has 4 N–H and O–H groups in total. The smallest absolute Gasteiger partial charge is 0.335 e. The average molecular weight is 290 g/mol.